The highest BCUT2D eigenvalue weighted by molar-refractivity contribution is 5.96. The van der Waals surface area contributed by atoms with Gasteiger partial charge in [-0.05, 0) is 42.7 Å². The van der Waals surface area contributed by atoms with E-state index in [0.717, 1.165) is 31.2 Å². The fourth-order valence-electron chi connectivity index (χ4n) is 3.66. The summed E-state index contributed by atoms with van der Waals surface area (Å²) in [7, 11) is 0. The number of esters is 1. The van der Waals surface area contributed by atoms with E-state index < -0.39 is 0 Å². The van der Waals surface area contributed by atoms with Gasteiger partial charge < -0.3 is 15.4 Å². The van der Waals surface area contributed by atoms with E-state index in [-0.39, 0.29) is 36.7 Å². The Morgan fingerprint density at radius 1 is 0.871 bits per heavy atom. The van der Waals surface area contributed by atoms with Crippen LogP contribution in [0.2, 0.25) is 0 Å². The molecule has 1 fully saturated rings. The second-order valence-electron chi connectivity index (χ2n) is 7.89. The molecule has 1 saturated carbocycles. The quantitative estimate of drug-likeness (QED) is 0.592. The number of hydrogen-bond donors (Lipinski definition) is 2. The predicted octanol–water partition coefficient (Wildman–Crippen LogP) is 4.25. The zero-order valence-electron chi connectivity index (χ0n) is 17.8. The van der Waals surface area contributed by atoms with Crippen LogP contribution in [0.3, 0.4) is 0 Å². The Bertz CT molecular complexity index is 859. The summed E-state index contributed by atoms with van der Waals surface area (Å²) in [6, 6.07) is 16.8. The van der Waals surface area contributed by atoms with Crippen LogP contribution in [0.1, 0.15) is 60.9 Å². The molecule has 6 nitrogen and oxygen atoms in total. The largest absolute Gasteiger partial charge is 0.465 e. The number of ether oxygens (including phenoxy) is 1. The van der Waals surface area contributed by atoms with Gasteiger partial charge in [-0.1, -0.05) is 49.6 Å². The summed E-state index contributed by atoms with van der Waals surface area (Å²) in [6.07, 6.45) is 6.37. The highest BCUT2D eigenvalue weighted by atomic mass is 16.5. The Balaban J connectivity index is 1.35. The maximum atomic E-state index is 12.4. The first-order valence-electron chi connectivity index (χ1n) is 11.0. The van der Waals surface area contributed by atoms with Crippen LogP contribution in [0.15, 0.2) is 54.6 Å². The first-order chi connectivity index (χ1) is 15.1. The van der Waals surface area contributed by atoms with Gasteiger partial charge in [-0.3, -0.25) is 14.4 Å². The van der Waals surface area contributed by atoms with Gasteiger partial charge in [0.05, 0.1) is 13.0 Å². The van der Waals surface area contributed by atoms with Gasteiger partial charge in [0.1, 0.15) is 0 Å². The van der Waals surface area contributed by atoms with Crippen LogP contribution >= 0.6 is 0 Å². The van der Waals surface area contributed by atoms with Crippen LogP contribution < -0.4 is 10.6 Å². The van der Waals surface area contributed by atoms with Gasteiger partial charge in [-0.25, -0.2) is 0 Å². The van der Waals surface area contributed by atoms with Gasteiger partial charge in [0.2, 0.25) is 5.91 Å². The van der Waals surface area contributed by atoms with Crippen molar-refractivity contribution in [3.63, 3.8) is 0 Å². The summed E-state index contributed by atoms with van der Waals surface area (Å²) in [4.78, 5) is 36.3. The van der Waals surface area contributed by atoms with Crippen molar-refractivity contribution in [3.05, 3.63) is 65.7 Å². The highest BCUT2D eigenvalue weighted by Gasteiger charge is 2.16. The third-order valence-corrected chi connectivity index (χ3v) is 5.42. The number of nitrogens with one attached hydrogen (secondary N) is 2. The molecule has 31 heavy (non-hydrogen) atoms. The Morgan fingerprint density at radius 3 is 2.29 bits per heavy atom. The second kappa shape index (κ2) is 11.9. The SMILES string of the molecule is O=C(CCC(=O)OCCc1ccccc1)Nc1ccc(C(=O)NC2CCCCC2)cc1. The standard InChI is InChI=1S/C25H30N2O4/c28-23(15-16-24(29)31-18-17-19-7-3-1-4-8-19)26-22-13-11-20(12-14-22)25(30)27-21-9-5-2-6-10-21/h1,3-4,7-8,11-14,21H,2,5-6,9-10,15-18H2,(H,26,28)(H,27,30). The van der Waals surface area contributed by atoms with Crippen LogP contribution in [0.5, 0.6) is 0 Å². The van der Waals surface area contributed by atoms with Crippen molar-refractivity contribution < 1.29 is 19.1 Å². The lowest BCUT2D eigenvalue weighted by molar-refractivity contribution is -0.144. The Hall–Kier alpha value is -3.15. The zero-order chi connectivity index (χ0) is 21.9. The molecule has 0 unspecified atom stereocenters. The molecular formula is C25H30N2O4. The van der Waals surface area contributed by atoms with Crippen LogP contribution in [-0.2, 0) is 20.7 Å². The fourth-order valence-corrected chi connectivity index (χ4v) is 3.66. The first-order valence-corrected chi connectivity index (χ1v) is 11.0. The summed E-state index contributed by atoms with van der Waals surface area (Å²) >= 11 is 0. The number of rotatable bonds is 9. The van der Waals surface area contributed by atoms with E-state index in [1.807, 2.05) is 30.3 Å². The highest BCUT2D eigenvalue weighted by Crippen LogP contribution is 2.18. The number of hydrogen-bond acceptors (Lipinski definition) is 4. The van der Waals surface area contributed by atoms with Gasteiger partial charge in [0, 0.05) is 30.1 Å². The lowest BCUT2D eigenvalue weighted by atomic mass is 9.95. The van der Waals surface area contributed by atoms with Crippen LogP contribution in [0, 0.1) is 0 Å². The Labute approximate surface area is 183 Å². The molecule has 0 bridgehead atoms. The number of carbonyl (C=O) groups is 3. The molecule has 2 N–H and O–H groups in total. The van der Waals surface area contributed by atoms with E-state index in [1.54, 1.807) is 24.3 Å². The molecule has 0 aromatic heterocycles. The minimum Gasteiger partial charge on any atom is -0.465 e. The van der Waals surface area contributed by atoms with E-state index in [0.29, 0.717) is 24.3 Å². The average Bonchev–Trinajstić information content (AvgIpc) is 2.79. The third kappa shape index (κ3) is 7.89. The molecule has 1 aliphatic rings. The number of amides is 2. The summed E-state index contributed by atoms with van der Waals surface area (Å²) in [6.45, 7) is 0.300. The summed E-state index contributed by atoms with van der Waals surface area (Å²) in [5.74, 6) is -0.733. The lowest BCUT2D eigenvalue weighted by Gasteiger charge is -2.22. The first kappa shape index (κ1) is 22.5. The molecule has 0 aliphatic heterocycles. The molecule has 2 aromatic carbocycles. The third-order valence-electron chi connectivity index (χ3n) is 5.42. The predicted molar refractivity (Wildman–Crippen MR) is 120 cm³/mol. The van der Waals surface area contributed by atoms with Crippen molar-refractivity contribution >= 4 is 23.5 Å². The van der Waals surface area contributed by atoms with Gasteiger partial charge in [0.15, 0.2) is 0 Å². The molecule has 3 rings (SSSR count). The monoisotopic (exact) mass is 422 g/mol. The topological polar surface area (TPSA) is 84.5 Å². The normalized spacial score (nSPS) is 13.9. The van der Waals surface area contributed by atoms with Gasteiger partial charge >= 0.3 is 5.97 Å². The van der Waals surface area contributed by atoms with Crippen molar-refractivity contribution in [1.29, 1.82) is 0 Å². The molecule has 0 saturated heterocycles. The fraction of sp³-hybridized carbons (Fsp3) is 0.400. The maximum absolute atomic E-state index is 12.4. The number of carbonyl (C=O) groups excluding carboxylic acids is 3. The minimum atomic E-state index is -0.388. The van der Waals surface area contributed by atoms with Crippen molar-refractivity contribution in [2.24, 2.45) is 0 Å². The smallest absolute Gasteiger partial charge is 0.306 e. The van der Waals surface area contributed by atoms with Gasteiger partial charge in [-0.2, -0.15) is 0 Å². The molecule has 0 spiro atoms. The number of benzene rings is 2. The van der Waals surface area contributed by atoms with E-state index in [4.69, 9.17) is 4.74 Å². The minimum absolute atomic E-state index is 0.0303. The molecule has 6 heteroatoms. The van der Waals surface area contributed by atoms with E-state index in [9.17, 15) is 14.4 Å². The average molecular weight is 423 g/mol. The van der Waals surface area contributed by atoms with E-state index in [1.165, 1.54) is 6.42 Å². The van der Waals surface area contributed by atoms with Crippen molar-refractivity contribution in [3.8, 4) is 0 Å². The molecule has 0 atom stereocenters. The molecule has 2 aromatic rings. The molecule has 164 valence electrons. The molecule has 1 aliphatic carbocycles. The zero-order valence-corrected chi connectivity index (χ0v) is 17.8. The lowest BCUT2D eigenvalue weighted by Crippen LogP contribution is -2.36. The maximum Gasteiger partial charge on any atom is 0.306 e. The van der Waals surface area contributed by atoms with Crippen LogP contribution in [-0.4, -0.2) is 30.4 Å². The van der Waals surface area contributed by atoms with Crippen molar-refractivity contribution in [2.75, 3.05) is 11.9 Å². The number of anilines is 1. The van der Waals surface area contributed by atoms with E-state index in [2.05, 4.69) is 10.6 Å². The van der Waals surface area contributed by atoms with Crippen molar-refractivity contribution in [1.82, 2.24) is 5.32 Å². The molecular weight excluding hydrogens is 392 g/mol. The Kier molecular flexibility index (Phi) is 8.64. The Morgan fingerprint density at radius 2 is 1.58 bits per heavy atom. The van der Waals surface area contributed by atoms with Gasteiger partial charge in [-0.15, -0.1) is 0 Å². The van der Waals surface area contributed by atoms with Crippen LogP contribution in [0.25, 0.3) is 0 Å². The molecule has 2 amide bonds. The summed E-state index contributed by atoms with van der Waals surface area (Å²) in [5.41, 5.74) is 2.27. The molecule has 0 radical (unpaired) electrons. The summed E-state index contributed by atoms with van der Waals surface area (Å²) < 4.78 is 5.19. The van der Waals surface area contributed by atoms with Gasteiger partial charge in [0.25, 0.3) is 5.91 Å². The van der Waals surface area contributed by atoms with E-state index >= 15 is 0 Å². The molecule has 0 heterocycles. The van der Waals surface area contributed by atoms with Crippen LogP contribution in [0.4, 0.5) is 5.69 Å². The second-order valence-corrected chi connectivity index (χ2v) is 7.89. The van der Waals surface area contributed by atoms with Crippen molar-refractivity contribution in [2.45, 2.75) is 57.4 Å². The summed E-state index contributed by atoms with van der Waals surface area (Å²) in [5, 5.41) is 5.83.